The maximum atomic E-state index is 6.36. The minimum absolute atomic E-state index is 0.145. The molecule has 0 saturated carbocycles. The maximum absolute atomic E-state index is 6.36. The Hall–Kier alpha value is -0.960. The summed E-state index contributed by atoms with van der Waals surface area (Å²) in [6.45, 7) is 4.17. The third-order valence-electron chi connectivity index (χ3n) is 3.22. The summed E-state index contributed by atoms with van der Waals surface area (Å²) >= 11 is 8.15. The molecular formula is C17H20ClNS. The van der Waals surface area contributed by atoms with E-state index in [1.54, 1.807) is 11.8 Å². The Morgan fingerprint density at radius 3 is 2.50 bits per heavy atom. The Bertz CT molecular complexity index is 581. The summed E-state index contributed by atoms with van der Waals surface area (Å²) in [5.41, 5.74) is 9.84. The Labute approximate surface area is 130 Å². The van der Waals surface area contributed by atoms with Crippen molar-refractivity contribution in [1.29, 1.82) is 0 Å². The highest BCUT2D eigenvalue weighted by atomic mass is 35.5. The smallest absolute Gasteiger partial charge is 0.0544 e. The molecule has 0 aliphatic heterocycles. The molecule has 2 aromatic carbocycles. The molecule has 2 N–H and O–H groups in total. The monoisotopic (exact) mass is 305 g/mol. The van der Waals surface area contributed by atoms with Crippen molar-refractivity contribution >= 4 is 23.4 Å². The van der Waals surface area contributed by atoms with E-state index in [-0.39, 0.29) is 6.04 Å². The molecule has 0 aromatic heterocycles. The molecule has 106 valence electrons. The number of nitrogens with two attached hydrogens (primary N) is 1. The lowest BCUT2D eigenvalue weighted by molar-refractivity contribution is 0.729. The summed E-state index contributed by atoms with van der Waals surface area (Å²) < 4.78 is 0. The van der Waals surface area contributed by atoms with Gasteiger partial charge in [-0.3, -0.25) is 0 Å². The molecule has 1 atom stereocenters. The van der Waals surface area contributed by atoms with Crippen molar-refractivity contribution in [3.8, 4) is 0 Å². The van der Waals surface area contributed by atoms with Gasteiger partial charge in [0.15, 0.2) is 0 Å². The molecule has 1 unspecified atom stereocenters. The zero-order valence-electron chi connectivity index (χ0n) is 11.9. The van der Waals surface area contributed by atoms with Crippen LogP contribution in [-0.2, 0) is 12.2 Å². The summed E-state index contributed by atoms with van der Waals surface area (Å²) in [5.74, 6) is 0.933. The van der Waals surface area contributed by atoms with Gasteiger partial charge >= 0.3 is 0 Å². The number of aryl methyl sites for hydroxylation is 1. The van der Waals surface area contributed by atoms with Gasteiger partial charge in [0, 0.05) is 16.7 Å². The molecule has 0 fully saturated rings. The van der Waals surface area contributed by atoms with Gasteiger partial charge < -0.3 is 5.73 Å². The fourth-order valence-electron chi connectivity index (χ4n) is 2.14. The average Bonchev–Trinajstić information content (AvgIpc) is 2.39. The first-order chi connectivity index (χ1) is 9.58. The summed E-state index contributed by atoms with van der Waals surface area (Å²) in [7, 11) is 0. The minimum atomic E-state index is 0.145. The summed E-state index contributed by atoms with van der Waals surface area (Å²) in [6.07, 6.45) is 0.858. The normalized spacial score (nSPS) is 12.4. The van der Waals surface area contributed by atoms with Gasteiger partial charge in [-0.15, -0.1) is 11.8 Å². The fraction of sp³-hybridized carbons (Fsp3) is 0.294. The van der Waals surface area contributed by atoms with Crippen molar-refractivity contribution in [3.05, 3.63) is 64.2 Å². The lowest BCUT2D eigenvalue weighted by Gasteiger charge is -2.13. The van der Waals surface area contributed by atoms with Crippen molar-refractivity contribution in [2.24, 2.45) is 5.73 Å². The van der Waals surface area contributed by atoms with E-state index in [4.69, 9.17) is 17.3 Å². The molecule has 20 heavy (non-hydrogen) atoms. The molecule has 0 heterocycles. The van der Waals surface area contributed by atoms with Crippen molar-refractivity contribution in [3.63, 3.8) is 0 Å². The number of halogens is 1. The van der Waals surface area contributed by atoms with Gasteiger partial charge in [0.2, 0.25) is 0 Å². The van der Waals surface area contributed by atoms with Gasteiger partial charge in [-0.25, -0.2) is 0 Å². The Morgan fingerprint density at radius 2 is 1.80 bits per heavy atom. The van der Waals surface area contributed by atoms with Crippen LogP contribution in [0, 0.1) is 6.92 Å². The zero-order chi connectivity index (χ0) is 14.5. The van der Waals surface area contributed by atoms with E-state index >= 15 is 0 Å². The van der Waals surface area contributed by atoms with E-state index in [0.717, 1.165) is 22.1 Å². The summed E-state index contributed by atoms with van der Waals surface area (Å²) in [5, 5.41) is 0.821. The van der Waals surface area contributed by atoms with Crippen LogP contribution in [0.3, 0.4) is 0 Å². The van der Waals surface area contributed by atoms with Gasteiger partial charge in [-0.2, -0.15) is 0 Å². The maximum Gasteiger partial charge on any atom is 0.0544 e. The Balaban J connectivity index is 2.18. The van der Waals surface area contributed by atoms with Crippen molar-refractivity contribution in [2.45, 2.75) is 37.0 Å². The van der Waals surface area contributed by atoms with Crippen LogP contribution < -0.4 is 5.73 Å². The number of benzene rings is 2. The van der Waals surface area contributed by atoms with Gasteiger partial charge in [-0.1, -0.05) is 48.0 Å². The molecule has 0 spiro atoms. The van der Waals surface area contributed by atoms with Gasteiger partial charge in [0.25, 0.3) is 0 Å². The highest BCUT2D eigenvalue weighted by molar-refractivity contribution is 7.98. The first kappa shape index (κ1) is 15.4. The number of hydrogen-bond acceptors (Lipinski definition) is 2. The Kier molecular flexibility index (Phi) is 5.53. The highest BCUT2D eigenvalue weighted by Crippen LogP contribution is 2.34. The van der Waals surface area contributed by atoms with Crippen LogP contribution in [0.5, 0.6) is 0 Å². The molecule has 2 rings (SSSR count). The molecular weight excluding hydrogens is 286 g/mol. The van der Waals surface area contributed by atoms with E-state index in [2.05, 4.69) is 37.3 Å². The number of thioether (sulfide) groups is 1. The van der Waals surface area contributed by atoms with Gasteiger partial charge in [0.05, 0.1) is 5.02 Å². The largest absolute Gasteiger partial charge is 0.328 e. The SMILES string of the molecule is Cc1ccccc1CSc1c(Cl)cccc1CC(C)N. The second kappa shape index (κ2) is 7.16. The fourth-order valence-corrected chi connectivity index (χ4v) is 3.67. The summed E-state index contributed by atoms with van der Waals surface area (Å²) in [4.78, 5) is 1.16. The van der Waals surface area contributed by atoms with Crippen LogP contribution in [0.15, 0.2) is 47.4 Å². The first-order valence-corrected chi connectivity index (χ1v) is 8.14. The molecule has 0 saturated heterocycles. The van der Waals surface area contributed by atoms with Crippen LogP contribution in [-0.4, -0.2) is 6.04 Å². The molecule has 0 aliphatic carbocycles. The molecule has 1 nitrogen and oxygen atoms in total. The number of rotatable bonds is 5. The van der Waals surface area contributed by atoms with E-state index in [1.165, 1.54) is 16.7 Å². The van der Waals surface area contributed by atoms with E-state index in [1.807, 2.05) is 19.1 Å². The van der Waals surface area contributed by atoms with Crippen LogP contribution in [0.2, 0.25) is 5.02 Å². The molecule has 3 heteroatoms. The van der Waals surface area contributed by atoms with Crippen molar-refractivity contribution in [2.75, 3.05) is 0 Å². The molecule has 0 amide bonds. The predicted octanol–water partition coefficient (Wildman–Crippen LogP) is 4.83. The lowest BCUT2D eigenvalue weighted by atomic mass is 10.1. The van der Waals surface area contributed by atoms with Crippen molar-refractivity contribution in [1.82, 2.24) is 0 Å². The Morgan fingerprint density at radius 1 is 1.10 bits per heavy atom. The third-order valence-corrected chi connectivity index (χ3v) is 4.88. The van der Waals surface area contributed by atoms with Crippen LogP contribution in [0.1, 0.15) is 23.6 Å². The zero-order valence-corrected chi connectivity index (χ0v) is 13.5. The standard InChI is InChI=1S/C17H20ClNS/c1-12-6-3-4-7-15(12)11-20-17-14(10-13(2)19)8-5-9-16(17)18/h3-9,13H,10-11,19H2,1-2H3. The number of hydrogen-bond donors (Lipinski definition) is 1. The minimum Gasteiger partial charge on any atom is -0.328 e. The van der Waals surface area contributed by atoms with E-state index in [0.29, 0.717) is 0 Å². The van der Waals surface area contributed by atoms with Crippen LogP contribution in [0.4, 0.5) is 0 Å². The highest BCUT2D eigenvalue weighted by Gasteiger charge is 2.10. The molecule has 0 radical (unpaired) electrons. The van der Waals surface area contributed by atoms with Crippen LogP contribution in [0.25, 0.3) is 0 Å². The topological polar surface area (TPSA) is 26.0 Å². The average molecular weight is 306 g/mol. The van der Waals surface area contributed by atoms with Gasteiger partial charge in [-0.05, 0) is 43.0 Å². The second-order valence-electron chi connectivity index (χ2n) is 5.12. The second-order valence-corrected chi connectivity index (χ2v) is 6.52. The summed E-state index contributed by atoms with van der Waals surface area (Å²) in [6, 6.07) is 14.7. The molecule has 0 aliphatic rings. The predicted molar refractivity (Wildman–Crippen MR) is 89.5 cm³/mol. The third kappa shape index (κ3) is 4.02. The van der Waals surface area contributed by atoms with E-state index in [9.17, 15) is 0 Å². The lowest BCUT2D eigenvalue weighted by Crippen LogP contribution is -2.18. The molecule has 2 aromatic rings. The van der Waals surface area contributed by atoms with Crippen molar-refractivity contribution < 1.29 is 0 Å². The molecule has 0 bridgehead atoms. The van der Waals surface area contributed by atoms with Crippen LogP contribution >= 0.6 is 23.4 Å². The quantitative estimate of drug-likeness (QED) is 0.801. The van der Waals surface area contributed by atoms with E-state index < -0.39 is 0 Å². The van der Waals surface area contributed by atoms with Gasteiger partial charge in [0.1, 0.15) is 0 Å². The first-order valence-electron chi connectivity index (χ1n) is 6.78.